The lowest BCUT2D eigenvalue weighted by Crippen LogP contribution is -2.37. The number of nitrogens with one attached hydrogen (secondary N) is 2. The number of hydrogen-bond donors (Lipinski definition) is 2. The van der Waals surface area contributed by atoms with Crippen molar-refractivity contribution in [3.63, 3.8) is 0 Å². The van der Waals surface area contributed by atoms with Crippen molar-refractivity contribution in [3.05, 3.63) is 47.8 Å². The van der Waals surface area contributed by atoms with E-state index in [0.29, 0.717) is 19.0 Å². The highest BCUT2D eigenvalue weighted by atomic mass is 32.2. The summed E-state index contributed by atoms with van der Waals surface area (Å²) in [5.41, 5.74) is 1.98. The molecule has 0 saturated heterocycles. The molecule has 0 unspecified atom stereocenters. The van der Waals surface area contributed by atoms with Crippen LogP contribution in [0.3, 0.4) is 0 Å². The van der Waals surface area contributed by atoms with Gasteiger partial charge in [-0.25, -0.2) is 13.4 Å². The Morgan fingerprint density at radius 2 is 1.89 bits per heavy atom. The summed E-state index contributed by atoms with van der Waals surface area (Å²) in [6.45, 7) is 7.51. The van der Waals surface area contributed by atoms with Gasteiger partial charge >= 0.3 is 0 Å². The third-order valence-corrected chi connectivity index (χ3v) is 6.50. The van der Waals surface area contributed by atoms with Crippen molar-refractivity contribution in [1.29, 1.82) is 0 Å². The first-order valence-electron chi connectivity index (χ1n) is 9.31. The minimum absolute atomic E-state index is 0.0949. The first-order chi connectivity index (χ1) is 13.3. The predicted molar refractivity (Wildman–Crippen MR) is 111 cm³/mol. The molecule has 0 amide bonds. The maximum Gasteiger partial charge on any atom is 0.243 e. The third-order valence-electron chi connectivity index (χ3n) is 4.45. The van der Waals surface area contributed by atoms with Crippen LogP contribution in [0.5, 0.6) is 0 Å². The van der Waals surface area contributed by atoms with Crippen LogP contribution in [0, 0.1) is 0 Å². The molecule has 2 N–H and O–H groups in total. The van der Waals surface area contributed by atoms with Gasteiger partial charge in [-0.1, -0.05) is 12.1 Å². The fraction of sp³-hybridized carbons (Fsp3) is 0.474. The van der Waals surface area contributed by atoms with Gasteiger partial charge in [-0.05, 0) is 44.5 Å². The predicted octanol–water partition coefficient (Wildman–Crippen LogP) is 1.70. The molecule has 0 saturated carbocycles. The second-order valence-electron chi connectivity index (χ2n) is 6.75. The number of benzene rings is 1. The van der Waals surface area contributed by atoms with Crippen LogP contribution in [-0.2, 0) is 30.2 Å². The number of aliphatic imine (C=N–C) groups is 1. The highest BCUT2D eigenvalue weighted by Crippen LogP contribution is 2.17. The average Bonchev–Trinajstić information content (AvgIpc) is 3.08. The third kappa shape index (κ3) is 5.56. The summed E-state index contributed by atoms with van der Waals surface area (Å²) >= 11 is 0. The maximum atomic E-state index is 12.5. The Morgan fingerprint density at radius 1 is 1.21 bits per heavy atom. The molecule has 154 valence electrons. The monoisotopic (exact) mass is 406 g/mol. The van der Waals surface area contributed by atoms with Gasteiger partial charge in [-0.2, -0.15) is 9.40 Å². The fourth-order valence-corrected chi connectivity index (χ4v) is 3.84. The highest BCUT2D eigenvalue weighted by molar-refractivity contribution is 7.89. The van der Waals surface area contributed by atoms with Crippen LogP contribution < -0.4 is 10.6 Å². The molecule has 0 spiro atoms. The van der Waals surface area contributed by atoms with Crippen molar-refractivity contribution in [2.75, 3.05) is 13.6 Å². The molecule has 0 bridgehead atoms. The number of rotatable bonds is 8. The number of nitrogens with zero attached hydrogens (tertiary/aromatic N) is 4. The molecule has 0 aliphatic heterocycles. The normalized spacial score (nSPS) is 12.6. The number of sulfonamides is 1. The quantitative estimate of drug-likeness (QED) is 0.514. The van der Waals surface area contributed by atoms with Crippen molar-refractivity contribution in [1.82, 2.24) is 24.7 Å². The Bertz CT molecular complexity index is 887. The van der Waals surface area contributed by atoms with E-state index >= 15 is 0 Å². The molecule has 0 aliphatic carbocycles. The van der Waals surface area contributed by atoms with E-state index < -0.39 is 10.0 Å². The van der Waals surface area contributed by atoms with Gasteiger partial charge in [-0.15, -0.1) is 0 Å². The second kappa shape index (κ2) is 9.70. The van der Waals surface area contributed by atoms with E-state index in [1.54, 1.807) is 37.5 Å². The first kappa shape index (κ1) is 21.9. The highest BCUT2D eigenvalue weighted by Gasteiger charge is 2.22. The van der Waals surface area contributed by atoms with E-state index in [2.05, 4.69) is 20.7 Å². The molecule has 2 rings (SSSR count). The summed E-state index contributed by atoms with van der Waals surface area (Å²) in [6, 6.07) is 8.72. The summed E-state index contributed by atoms with van der Waals surface area (Å²) in [5.74, 6) is 0.694. The summed E-state index contributed by atoms with van der Waals surface area (Å²) in [6.07, 6.45) is 1.76. The molecule has 0 radical (unpaired) electrons. The lowest BCUT2D eigenvalue weighted by Gasteiger charge is -2.21. The first-order valence-corrected chi connectivity index (χ1v) is 10.8. The Labute approximate surface area is 167 Å². The minimum Gasteiger partial charge on any atom is -0.357 e. The van der Waals surface area contributed by atoms with E-state index in [-0.39, 0.29) is 10.9 Å². The SMILES string of the molecule is CCNC(=NCc1ccc(S(=O)(=O)N(C)C(C)C)cc1)NCc1ccnn1C. The molecule has 1 aromatic carbocycles. The summed E-state index contributed by atoms with van der Waals surface area (Å²) < 4.78 is 28.2. The average molecular weight is 407 g/mol. The van der Waals surface area contributed by atoms with Crippen LogP contribution in [-0.4, -0.2) is 48.1 Å². The van der Waals surface area contributed by atoms with Gasteiger partial charge in [0, 0.05) is 32.9 Å². The molecular formula is C19H30N6O2S. The molecular weight excluding hydrogens is 376 g/mol. The summed E-state index contributed by atoms with van der Waals surface area (Å²) in [4.78, 5) is 4.86. The van der Waals surface area contributed by atoms with E-state index in [0.717, 1.165) is 17.8 Å². The number of hydrogen-bond acceptors (Lipinski definition) is 4. The molecule has 28 heavy (non-hydrogen) atoms. The van der Waals surface area contributed by atoms with Crippen molar-refractivity contribution < 1.29 is 8.42 Å². The van der Waals surface area contributed by atoms with E-state index in [1.165, 1.54) is 4.31 Å². The standard InChI is InChI=1S/C19H30N6O2S/c1-6-20-19(22-14-17-11-12-23-24(17)4)21-13-16-7-9-18(10-8-16)28(26,27)25(5)15(2)3/h7-12,15H,6,13-14H2,1-5H3,(H2,20,21,22). The van der Waals surface area contributed by atoms with E-state index in [4.69, 9.17) is 0 Å². The largest absolute Gasteiger partial charge is 0.357 e. The van der Waals surface area contributed by atoms with Crippen LogP contribution in [0.15, 0.2) is 46.4 Å². The Morgan fingerprint density at radius 3 is 2.43 bits per heavy atom. The zero-order chi connectivity index (χ0) is 20.7. The van der Waals surface area contributed by atoms with E-state index in [9.17, 15) is 8.42 Å². The molecule has 1 aromatic heterocycles. The minimum atomic E-state index is -3.47. The van der Waals surface area contributed by atoms with Gasteiger partial charge in [0.25, 0.3) is 0 Å². The topological polar surface area (TPSA) is 91.6 Å². The smallest absolute Gasteiger partial charge is 0.243 e. The summed E-state index contributed by atoms with van der Waals surface area (Å²) in [5, 5.41) is 10.6. The summed E-state index contributed by atoms with van der Waals surface area (Å²) in [7, 11) is 0.0202. The molecule has 2 aromatic rings. The van der Waals surface area contributed by atoms with Crippen LogP contribution >= 0.6 is 0 Å². The molecule has 0 atom stereocenters. The zero-order valence-electron chi connectivity index (χ0n) is 17.2. The lowest BCUT2D eigenvalue weighted by atomic mass is 10.2. The van der Waals surface area contributed by atoms with Crippen molar-refractivity contribution in [2.24, 2.45) is 12.0 Å². The molecule has 9 heteroatoms. The molecule has 0 aliphatic rings. The van der Waals surface area contributed by atoms with Crippen LogP contribution in [0.4, 0.5) is 0 Å². The number of aryl methyl sites for hydroxylation is 1. The van der Waals surface area contributed by atoms with Crippen LogP contribution in [0.2, 0.25) is 0 Å². The van der Waals surface area contributed by atoms with Gasteiger partial charge in [0.05, 0.1) is 23.7 Å². The maximum absolute atomic E-state index is 12.5. The van der Waals surface area contributed by atoms with Crippen molar-refractivity contribution in [3.8, 4) is 0 Å². The lowest BCUT2D eigenvalue weighted by molar-refractivity contribution is 0.410. The molecule has 8 nitrogen and oxygen atoms in total. The van der Waals surface area contributed by atoms with Gasteiger partial charge in [0.2, 0.25) is 10.0 Å². The van der Waals surface area contributed by atoms with Gasteiger partial charge in [-0.3, -0.25) is 4.68 Å². The second-order valence-corrected chi connectivity index (χ2v) is 8.75. The van der Waals surface area contributed by atoms with Crippen molar-refractivity contribution >= 4 is 16.0 Å². The zero-order valence-corrected chi connectivity index (χ0v) is 18.0. The van der Waals surface area contributed by atoms with Gasteiger partial charge in [0.15, 0.2) is 5.96 Å². The molecule has 1 heterocycles. The van der Waals surface area contributed by atoms with E-state index in [1.807, 2.05) is 38.6 Å². The van der Waals surface area contributed by atoms with Crippen molar-refractivity contribution in [2.45, 2.75) is 44.8 Å². The van der Waals surface area contributed by atoms with Crippen LogP contribution in [0.25, 0.3) is 0 Å². The van der Waals surface area contributed by atoms with Crippen LogP contribution in [0.1, 0.15) is 32.0 Å². The Balaban J connectivity index is 2.05. The Hall–Kier alpha value is -2.39. The fourth-order valence-electron chi connectivity index (χ4n) is 2.47. The van der Waals surface area contributed by atoms with Gasteiger partial charge < -0.3 is 10.6 Å². The number of aromatic nitrogens is 2. The number of guanidine groups is 1. The molecule has 0 fully saturated rings. The Kier molecular flexibility index (Phi) is 7.59. The van der Waals surface area contributed by atoms with Gasteiger partial charge in [0.1, 0.15) is 0 Å².